The normalized spacial score (nSPS) is 10.7. The highest BCUT2D eigenvalue weighted by Gasteiger charge is 2.21. The zero-order valence-corrected chi connectivity index (χ0v) is 13.1. The summed E-state index contributed by atoms with van der Waals surface area (Å²) >= 11 is 2.60. The Morgan fingerprint density at radius 1 is 1.33 bits per heavy atom. The molecule has 0 aliphatic rings. The first-order valence-corrected chi connectivity index (χ1v) is 8.07. The van der Waals surface area contributed by atoms with Crippen molar-refractivity contribution in [2.45, 2.75) is 17.3 Å². The van der Waals surface area contributed by atoms with E-state index in [1.165, 1.54) is 11.8 Å². The quantitative estimate of drug-likeness (QED) is 0.241. The highest BCUT2D eigenvalue weighted by molar-refractivity contribution is 7.98. The van der Waals surface area contributed by atoms with Crippen molar-refractivity contribution < 1.29 is 14.4 Å². The Bertz CT molecular complexity index is 586. The second-order valence-corrected chi connectivity index (χ2v) is 6.03. The molecule has 2 rings (SSSR count). The van der Waals surface area contributed by atoms with Gasteiger partial charge >= 0.3 is 5.00 Å². The second kappa shape index (κ2) is 8.14. The van der Waals surface area contributed by atoms with Crippen molar-refractivity contribution in [1.29, 1.82) is 0 Å². The lowest BCUT2D eigenvalue weighted by molar-refractivity contribution is -0.383. The minimum atomic E-state index is -0.336. The van der Waals surface area contributed by atoms with Crippen molar-refractivity contribution in [3.63, 3.8) is 0 Å². The van der Waals surface area contributed by atoms with Gasteiger partial charge in [-0.05, 0) is 5.56 Å². The van der Waals surface area contributed by atoms with Crippen molar-refractivity contribution >= 4 is 28.1 Å². The van der Waals surface area contributed by atoms with E-state index in [1.807, 2.05) is 30.3 Å². The van der Waals surface area contributed by atoms with Crippen LogP contribution in [0.4, 0.5) is 5.00 Å². The van der Waals surface area contributed by atoms with Crippen LogP contribution in [0.5, 0.6) is 0 Å². The summed E-state index contributed by atoms with van der Waals surface area (Å²) in [5.41, 5.74) is 1.97. The predicted molar refractivity (Wildman–Crippen MR) is 83.6 cm³/mol. The molecule has 0 bridgehead atoms. The van der Waals surface area contributed by atoms with Gasteiger partial charge in [0.1, 0.15) is 11.7 Å². The summed E-state index contributed by atoms with van der Waals surface area (Å²) in [5.74, 6) is 0.690. The Morgan fingerprint density at radius 2 is 2.10 bits per heavy atom. The average molecular weight is 325 g/mol. The molecule has 0 spiro atoms. The van der Waals surface area contributed by atoms with E-state index in [1.54, 1.807) is 12.5 Å². The lowest BCUT2D eigenvalue weighted by Crippen LogP contribution is -1.97. The Morgan fingerprint density at radius 3 is 2.76 bits per heavy atom. The van der Waals surface area contributed by atoms with Crippen molar-refractivity contribution in [3.05, 3.63) is 57.0 Å². The van der Waals surface area contributed by atoms with Crippen LogP contribution in [0.3, 0.4) is 0 Å². The average Bonchev–Trinajstić information content (AvgIpc) is 2.90. The van der Waals surface area contributed by atoms with Gasteiger partial charge in [-0.15, -0.1) is 11.8 Å². The molecule has 112 valence electrons. The summed E-state index contributed by atoms with van der Waals surface area (Å²) in [4.78, 5) is 11.5. The van der Waals surface area contributed by atoms with E-state index in [4.69, 9.17) is 9.47 Å². The lowest BCUT2D eigenvalue weighted by Gasteiger charge is -2.05. The summed E-state index contributed by atoms with van der Waals surface area (Å²) in [7, 11) is 1.54. The molecule has 0 saturated carbocycles. The smallest absolute Gasteiger partial charge is 0.337 e. The van der Waals surface area contributed by atoms with Crippen LogP contribution in [0.2, 0.25) is 0 Å². The molecule has 2 aromatic rings. The molecule has 7 heteroatoms. The molecule has 5 nitrogen and oxygen atoms in total. The molecule has 1 aromatic heterocycles. The number of thiophene rings is 1. The minimum Gasteiger partial charge on any atom is -0.359 e. The van der Waals surface area contributed by atoms with Gasteiger partial charge in [0.05, 0.1) is 11.5 Å². The molecule has 21 heavy (non-hydrogen) atoms. The molecule has 0 amide bonds. The van der Waals surface area contributed by atoms with E-state index in [0.717, 1.165) is 22.5 Å². The number of hydrogen-bond acceptors (Lipinski definition) is 6. The number of hydrogen-bond donors (Lipinski definition) is 0. The van der Waals surface area contributed by atoms with E-state index in [2.05, 4.69) is 0 Å². The maximum atomic E-state index is 11.1. The summed E-state index contributed by atoms with van der Waals surface area (Å²) < 4.78 is 10.1. The number of benzene rings is 1. The van der Waals surface area contributed by atoms with E-state index in [9.17, 15) is 10.1 Å². The van der Waals surface area contributed by atoms with Crippen molar-refractivity contribution in [1.82, 2.24) is 0 Å². The first-order chi connectivity index (χ1) is 10.2. The summed E-state index contributed by atoms with van der Waals surface area (Å²) in [6, 6.07) is 9.88. The highest BCUT2D eigenvalue weighted by atomic mass is 32.2. The number of nitrogens with zero attached hydrogens (tertiary/aromatic N) is 1. The van der Waals surface area contributed by atoms with E-state index < -0.39 is 0 Å². The van der Waals surface area contributed by atoms with Crippen molar-refractivity contribution in [2.75, 3.05) is 13.9 Å². The van der Waals surface area contributed by atoms with Crippen LogP contribution in [0.1, 0.15) is 11.1 Å². The highest BCUT2D eigenvalue weighted by Crippen LogP contribution is 2.40. The van der Waals surface area contributed by atoms with Gasteiger partial charge in [0, 0.05) is 23.8 Å². The van der Waals surface area contributed by atoms with Gasteiger partial charge in [-0.1, -0.05) is 41.7 Å². The standard InChI is InChI=1S/C14H15NO4S2/c1-18-10-19-7-12-9-21-14(15(16)17)13(12)20-8-11-5-3-2-4-6-11/h2-6,9H,7-8,10H2,1H3. The van der Waals surface area contributed by atoms with Gasteiger partial charge in [0.25, 0.3) is 0 Å². The SMILES string of the molecule is COCOCc1csc([N+](=O)[O-])c1SCc1ccccc1. The van der Waals surface area contributed by atoms with Crippen LogP contribution in [0.25, 0.3) is 0 Å². The minimum absolute atomic E-state index is 0.173. The summed E-state index contributed by atoms with van der Waals surface area (Å²) in [5, 5.41) is 13.1. The van der Waals surface area contributed by atoms with Crippen LogP contribution in [0, 0.1) is 10.1 Å². The molecule has 0 aliphatic carbocycles. The van der Waals surface area contributed by atoms with E-state index >= 15 is 0 Å². The van der Waals surface area contributed by atoms with Crippen LogP contribution < -0.4 is 0 Å². The van der Waals surface area contributed by atoms with E-state index in [0.29, 0.717) is 17.3 Å². The number of nitro groups is 1. The van der Waals surface area contributed by atoms with Gasteiger partial charge in [0.2, 0.25) is 0 Å². The first-order valence-electron chi connectivity index (χ1n) is 6.20. The molecule has 0 N–H and O–H groups in total. The Hall–Kier alpha value is -1.41. The number of methoxy groups -OCH3 is 1. The fourth-order valence-corrected chi connectivity index (χ4v) is 3.88. The van der Waals surface area contributed by atoms with Crippen LogP contribution >= 0.6 is 23.1 Å². The number of thioether (sulfide) groups is 1. The third kappa shape index (κ3) is 4.53. The fourth-order valence-electron chi connectivity index (χ4n) is 1.72. The second-order valence-electron chi connectivity index (χ2n) is 4.18. The Labute approximate surface area is 131 Å². The van der Waals surface area contributed by atoms with E-state index in [-0.39, 0.29) is 16.7 Å². The molecule has 0 unspecified atom stereocenters. The van der Waals surface area contributed by atoms with Gasteiger partial charge in [0.15, 0.2) is 0 Å². The van der Waals surface area contributed by atoms with Gasteiger partial charge in [-0.25, -0.2) is 0 Å². The third-order valence-electron chi connectivity index (χ3n) is 2.65. The molecule has 0 aliphatic heterocycles. The summed E-state index contributed by atoms with van der Waals surface area (Å²) in [6.45, 7) is 0.488. The Balaban J connectivity index is 2.10. The van der Waals surface area contributed by atoms with Crippen LogP contribution in [-0.4, -0.2) is 18.8 Å². The third-order valence-corrected chi connectivity index (χ3v) is 4.98. The first kappa shape index (κ1) is 16.0. The Kier molecular flexibility index (Phi) is 6.19. The molecule has 1 heterocycles. The molecular formula is C14H15NO4S2. The zero-order valence-electron chi connectivity index (χ0n) is 11.5. The fraction of sp³-hybridized carbons (Fsp3) is 0.286. The number of ether oxygens (including phenoxy) is 2. The maximum absolute atomic E-state index is 11.1. The topological polar surface area (TPSA) is 61.6 Å². The van der Waals surface area contributed by atoms with Gasteiger partial charge in [-0.3, -0.25) is 10.1 Å². The van der Waals surface area contributed by atoms with Crippen LogP contribution in [0.15, 0.2) is 40.6 Å². The summed E-state index contributed by atoms with van der Waals surface area (Å²) in [6.07, 6.45) is 0. The molecule has 1 aromatic carbocycles. The van der Waals surface area contributed by atoms with Crippen LogP contribution in [-0.2, 0) is 21.8 Å². The maximum Gasteiger partial charge on any atom is 0.337 e. The molecule has 0 fully saturated rings. The van der Waals surface area contributed by atoms with Crippen molar-refractivity contribution in [3.8, 4) is 0 Å². The molecule has 0 radical (unpaired) electrons. The predicted octanol–water partition coefficient (Wildman–Crippen LogP) is 4.07. The largest absolute Gasteiger partial charge is 0.359 e. The van der Waals surface area contributed by atoms with Crippen molar-refractivity contribution in [2.24, 2.45) is 0 Å². The molecule has 0 atom stereocenters. The van der Waals surface area contributed by atoms with Gasteiger partial charge < -0.3 is 9.47 Å². The number of rotatable bonds is 8. The molecular weight excluding hydrogens is 310 g/mol. The zero-order chi connectivity index (χ0) is 15.1. The lowest BCUT2D eigenvalue weighted by atomic mass is 10.2. The molecule has 0 saturated heterocycles. The van der Waals surface area contributed by atoms with Gasteiger partial charge in [-0.2, -0.15) is 0 Å². The monoisotopic (exact) mass is 325 g/mol.